The number of hydrogen-bond donors (Lipinski definition) is 0. The average Bonchev–Trinajstić information content (AvgIpc) is 3.22. The molecule has 146 valence electrons. The van der Waals surface area contributed by atoms with E-state index in [1.807, 2.05) is 0 Å². The molecule has 0 N–H and O–H groups in total. The Labute approximate surface area is 165 Å². The van der Waals surface area contributed by atoms with E-state index in [-0.39, 0.29) is 4.90 Å². The second-order valence-electron chi connectivity index (χ2n) is 6.44. The quantitative estimate of drug-likeness (QED) is 0.512. The molecule has 29 heavy (non-hydrogen) atoms. The van der Waals surface area contributed by atoms with Crippen LogP contribution in [0.15, 0.2) is 87.4 Å². The number of halogens is 1. The Kier molecular flexibility index (Phi) is 4.63. The normalized spacial score (nSPS) is 11.5. The number of benzene rings is 2. The smallest absolute Gasteiger partial charge is 0.280 e. The van der Waals surface area contributed by atoms with Crippen molar-refractivity contribution in [1.82, 2.24) is 9.78 Å². The summed E-state index contributed by atoms with van der Waals surface area (Å²) in [5.74, 6) is -0.419. The van der Waals surface area contributed by atoms with Crippen molar-refractivity contribution in [3.8, 4) is 27.9 Å². The first-order valence-electron chi connectivity index (χ1n) is 8.56. The second-order valence-corrected chi connectivity index (χ2v) is 8.45. The van der Waals surface area contributed by atoms with Crippen LogP contribution in [0, 0.1) is 5.82 Å². The maximum absolute atomic E-state index is 13.4. The molecule has 0 aliphatic rings. The van der Waals surface area contributed by atoms with E-state index in [0.717, 1.165) is 6.26 Å². The predicted octanol–water partition coefficient (Wildman–Crippen LogP) is 3.70. The van der Waals surface area contributed by atoms with Crippen LogP contribution in [-0.2, 0) is 9.84 Å². The lowest BCUT2D eigenvalue weighted by atomic mass is 9.97. The Hall–Kier alpha value is -3.52. The van der Waals surface area contributed by atoms with Crippen molar-refractivity contribution in [2.24, 2.45) is 0 Å². The van der Waals surface area contributed by atoms with Crippen LogP contribution in [0.25, 0.3) is 27.9 Å². The molecular weight excluding hydrogens is 395 g/mol. The average molecular weight is 410 g/mol. The van der Waals surface area contributed by atoms with Crippen LogP contribution in [0.3, 0.4) is 0 Å². The molecule has 0 radical (unpaired) electrons. The summed E-state index contributed by atoms with van der Waals surface area (Å²) in [7, 11) is -3.35. The van der Waals surface area contributed by atoms with Gasteiger partial charge in [0, 0.05) is 17.9 Å². The molecule has 4 rings (SSSR count). The minimum Gasteiger partial charge on any atom is -0.470 e. The first kappa shape index (κ1) is 18.8. The molecule has 0 unspecified atom stereocenters. The van der Waals surface area contributed by atoms with Crippen LogP contribution in [-0.4, -0.2) is 24.5 Å². The molecular formula is C21H15FN2O4S. The fraction of sp³-hybridized carbons (Fsp3) is 0.0476. The summed E-state index contributed by atoms with van der Waals surface area (Å²) in [6.45, 7) is 0. The molecule has 8 heteroatoms. The number of hydrogen-bond acceptors (Lipinski definition) is 5. The van der Waals surface area contributed by atoms with E-state index in [2.05, 4.69) is 5.10 Å². The van der Waals surface area contributed by atoms with Crippen LogP contribution >= 0.6 is 0 Å². The molecule has 0 aliphatic carbocycles. The maximum atomic E-state index is 13.4. The van der Waals surface area contributed by atoms with Gasteiger partial charge in [0.15, 0.2) is 9.84 Å². The van der Waals surface area contributed by atoms with Gasteiger partial charge in [0.25, 0.3) is 5.56 Å². The van der Waals surface area contributed by atoms with E-state index < -0.39 is 21.2 Å². The molecule has 0 spiro atoms. The molecule has 2 aromatic carbocycles. The van der Waals surface area contributed by atoms with Crippen LogP contribution in [0.4, 0.5) is 4.39 Å². The zero-order valence-electron chi connectivity index (χ0n) is 15.2. The molecule has 2 aromatic heterocycles. The molecule has 6 nitrogen and oxygen atoms in total. The zero-order valence-corrected chi connectivity index (χ0v) is 16.1. The third kappa shape index (κ3) is 3.62. The molecule has 0 bridgehead atoms. The van der Waals surface area contributed by atoms with Crippen molar-refractivity contribution in [2.75, 3.05) is 6.26 Å². The first-order chi connectivity index (χ1) is 13.8. The van der Waals surface area contributed by atoms with Gasteiger partial charge in [-0.05, 0) is 35.4 Å². The molecule has 0 aliphatic heterocycles. The number of aromatic nitrogens is 2. The van der Waals surface area contributed by atoms with E-state index in [4.69, 9.17) is 4.42 Å². The minimum absolute atomic E-state index is 0.171. The van der Waals surface area contributed by atoms with E-state index in [0.29, 0.717) is 27.9 Å². The maximum Gasteiger partial charge on any atom is 0.280 e. The fourth-order valence-corrected chi connectivity index (χ4v) is 3.64. The summed E-state index contributed by atoms with van der Waals surface area (Å²) in [5.41, 5.74) is 1.98. The topological polar surface area (TPSA) is 82.2 Å². The lowest BCUT2D eigenvalue weighted by molar-refractivity contribution is 0.563. The lowest BCUT2D eigenvalue weighted by Crippen LogP contribution is -2.23. The van der Waals surface area contributed by atoms with E-state index in [9.17, 15) is 17.6 Å². The lowest BCUT2D eigenvalue weighted by Gasteiger charge is -2.12. The molecule has 0 saturated carbocycles. The van der Waals surface area contributed by atoms with Crippen molar-refractivity contribution in [3.05, 3.63) is 89.5 Å². The molecule has 0 atom stereocenters. The SMILES string of the molecule is CS(=O)(=O)c1ccc(-c2cnn(-c3ccoc3)c(=O)c2-c2ccc(F)cc2)cc1. The van der Waals surface area contributed by atoms with Crippen LogP contribution in [0.5, 0.6) is 0 Å². The van der Waals surface area contributed by atoms with Gasteiger partial charge in [-0.25, -0.2) is 12.8 Å². The van der Waals surface area contributed by atoms with Gasteiger partial charge in [-0.3, -0.25) is 4.79 Å². The summed E-state index contributed by atoms with van der Waals surface area (Å²) in [5, 5.41) is 4.22. The third-order valence-corrected chi connectivity index (χ3v) is 5.58. The Balaban J connectivity index is 1.95. The number of furan rings is 1. The first-order valence-corrected chi connectivity index (χ1v) is 10.4. The third-order valence-electron chi connectivity index (χ3n) is 4.45. The van der Waals surface area contributed by atoms with Crippen molar-refractivity contribution >= 4 is 9.84 Å². The Morgan fingerprint density at radius 3 is 2.21 bits per heavy atom. The van der Waals surface area contributed by atoms with E-state index >= 15 is 0 Å². The fourth-order valence-electron chi connectivity index (χ4n) is 3.01. The highest BCUT2D eigenvalue weighted by Gasteiger charge is 2.17. The van der Waals surface area contributed by atoms with Gasteiger partial charge >= 0.3 is 0 Å². The van der Waals surface area contributed by atoms with Crippen molar-refractivity contribution < 1.29 is 17.2 Å². The number of rotatable bonds is 4. The van der Waals surface area contributed by atoms with Crippen LogP contribution in [0.1, 0.15) is 0 Å². The minimum atomic E-state index is -3.35. The molecule has 4 aromatic rings. The highest BCUT2D eigenvalue weighted by Crippen LogP contribution is 2.30. The number of sulfone groups is 1. The van der Waals surface area contributed by atoms with Crippen LogP contribution < -0.4 is 5.56 Å². The van der Waals surface area contributed by atoms with Gasteiger partial charge in [0.05, 0.1) is 22.9 Å². The van der Waals surface area contributed by atoms with Crippen molar-refractivity contribution in [3.63, 3.8) is 0 Å². The van der Waals surface area contributed by atoms with Gasteiger partial charge in [0.2, 0.25) is 0 Å². The summed E-state index contributed by atoms with van der Waals surface area (Å²) in [4.78, 5) is 13.4. The monoisotopic (exact) mass is 410 g/mol. The molecule has 0 amide bonds. The summed E-state index contributed by atoms with van der Waals surface area (Å²) < 4.78 is 43.1. The Morgan fingerprint density at radius 2 is 1.62 bits per heavy atom. The van der Waals surface area contributed by atoms with Gasteiger partial charge in [-0.1, -0.05) is 24.3 Å². The molecule has 0 fully saturated rings. The van der Waals surface area contributed by atoms with Gasteiger partial charge in [-0.2, -0.15) is 9.78 Å². The second kappa shape index (κ2) is 7.14. The van der Waals surface area contributed by atoms with Gasteiger partial charge < -0.3 is 4.42 Å². The largest absolute Gasteiger partial charge is 0.470 e. The summed E-state index contributed by atoms with van der Waals surface area (Å²) in [6.07, 6.45) is 5.46. The Morgan fingerprint density at radius 1 is 0.966 bits per heavy atom. The summed E-state index contributed by atoms with van der Waals surface area (Å²) in [6, 6.07) is 13.3. The van der Waals surface area contributed by atoms with Crippen molar-refractivity contribution in [1.29, 1.82) is 0 Å². The predicted molar refractivity (Wildman–Crippen MR) is 106 cm³/mol. The van der Waals surface area contributed by atoms with E-state index in [1.54, 1.807) is 18.2 Å². The highest BCUT2D eigenvalue weighted by atomic mass is 32.2. The standard InChI is InChI=1S/C21H15FN2O4S/c1-29(26,27)18-8-4-14(5-9-18)19-12-23-24(17-10-11-28-13-17)21(25)20(19)15-2-6-16(22)7-3-15/h2-13H,1H3. The summed E-state index contributed by atoms with van der Waals surface area (Å²) >= 11 is 0. The van der Waals surface area contributed by atoms with Crippen LogP contribution in [0.2, 0.25) is 0 Å². The zero-order chi connectivity index (χ0) is 20.6. The van der Waals surface area contributed by atoms with Gasteiger partial charge in [-0.15, -0.1) is 0 Å². The number of nitrogens with zero attached hydrogens (tertiary/aromatic N) is 2. The molecule has 2 heterocycles. The highest BCUT2D eigenvalue weighted by molar-refractivity contribution is 7.90. The molecule has 0 saturated heterocycles. The van der Waals surface area contributed by atoms with E-state index in [1.165, 1.54) is 59.8 Å². The van der Waals surface area contributed by atoms with Crippen molar-refractivity contribution in [2.45, 2.75) is 4.90 Å². The van der Waals surface area contributed by atoms with Gasteiger partial charge in [0.1, 0.15) is 17.8 Å². The Bertz CT molecular complexity index is 1330.